The Hall–Kier alpha value is -2.06. The average molecular weight is 480 g/mol. The summed E-state index contributed by atoms with van der Waals surface area (Å²) in [6.07, 6.45) is 12.9. The van der Waals surface area contributed by atoms with Crippen molar-refractivity contribution in [2.45, 2.75) is 56.5 Å². The Bertz CT molecular complexity index is 996. The van der Waals surface area contributed by atoms with Gasteiger partial charge in [0.2, 0.25) is 10.0 Å². The van der Waals surface area contributed by atoms with Gasteiger partial charge in [-0.1, -0.05) is 49.2 Å². The van der Waals surface area contributed by atoms with E-state index in [1.54, 1.807) is 12.1 Å². The first-order valence-corrected chi connectivity index (χ1v) is 12.6. The molecule has 0 aromatic heterocycles. The molecule has 0 saturated heterocycles. The van der Waals surface area contributed by atoms with E-state index in [0.717, 1.165) is 18.4 Å². The Kier molecular flexibility index (Phi) is 8.59. The normalized spacial score (nSPS) is 18.1. The van der Waals surface area contributed by atoms with Crippen molar-refractivity contribution in [1.82, 2.24) is 4.31 Å². The summed E-state index contributed by atoms with van der Waals surface area (Å²) in [5, 5.41) is 10.7. The fourth-order valence-electron chi connectivity index (χ4n) is 3.97. The number of nitrogens with zero attached hydrogens (tertiary/aromatic N) is 1. The standard InChI is InChI=1S/C24H30ClNO5S/c1-18(2)14-21(16-27)26(32(28,29)22-10-8-20(25)9-11-22)23(24-17-30-12-13-31-24)15-19-6-4-3-5-7-19/h3-4,6,8-13,17-18,21,23,27H,5,7,14-16H2,1-2H3. The van der Waals surface area contributed by atoms with E-state index in [1.165, 1.54) is 35.2 Å². The van der Waals surface area contributed by atoms with E-state index in [2.05, 4.69) is 6.08 Å². The number of aliphatic hydroxyl groups is 1. The summed E-state index contributed by atoms with van der Waals surface area (Å²) < 4.78 is 40.3. The molecule has 174 valence electrons. The Morgan fingerprint density at radius 1 is 1.19 bits per heavy atom. The van der Waals surface area contributed by atoms with Crippen molar-refractivity contribution < 1.29 is 23.0 Å². The smallest absolute Gasteiger partial charge is 0.244 e. The van der Waals surface area contributed by atoms with Crippen LogP contribution in [0.1, 0.15) is 39.5 Å². The molecule has 32 heavy (non-hydrogen) atoms. The minimum Gasteiger partial charge on any atom is -0.466 e. The highest BCUT2D eigenvalue weighted by atomic mass is 35.5. The zero-order valence-electron chi connectivity index (χ0n) is 18.4. The third-order valence-electron chi connectivity index (χ3n) is 5.42. The summed E-state index contributed by atoms with van der Waals surface area (Å²) in [5.74, 6) is 0.549. The van der Waals surface area contributed by atoms with E-state index < -0.39 is 22.1 Å². The van der Waals surface area contributed by atoms with Crippen LogP contribution < -0.4 is 0 Å². The lowest BCUT2D eigenvalue weighted by molar-refractivity contribution is 0.120. The highest BCUT2D eigenvalue weighted by Gasteiger charge is 2.40. The second-order valence-corrected chi connectivity index (χ2v) is 10.6. The lowest BCUT2D eigenvalue weighted by Gasteiger charge is -2.38. The highest BCUT2D eigenvalue weighted by Crippen LogP contribution is 2.33. The van der Waals surface area contributed by atoms with Gasteiger partial charge in [0.05, 0.1) is 17.5 Å². The maximum absolute atomic E-state index is 13.9. The van der Waals surface area contributed by atoms with Gasteiger partial charge in [-0.3, -0.25) is 0 Å². The molecule has 0 radical (unpaired) electrons. The van der Waals surface area contributed by atoms with E-state index in [0.29, 0.717) is 23.6 Å². The first-order chi connectivity index (χ1) is 15.3. The van der Waals surface area contributed by atoms with E-state index in [1.807, 2.05) is 26.0 Å². The van der Waals surface area contributed by atoms with E-state index in [-0.39, 0.29) is 17.4 Å². The van der Waals surface area contributed by atoms with Crippen LogP contribution in [0.4, 0.5) is 0 Å². The number of ether oxygens (including phenoxy) is 2. The number of halogens is 1. The molecule has 6 nitrogen and oxygen atoms in total. The summed E-state index contributed by atoms with van der Waals surface area (Å²) in [6.45, 7) is 3.69. The lowest BCUT2D eigenvalue weighted by atomic mass is 9.95. The van der Waals surface area contributed by atoms with Gasteiger partial charge in [-0.05, 0) is 55.9 Å². The largest absolute Gasteiger partial charge is 0.466 e. The van der Waals surface area contributed by atoms with Crippen molar-refractivity contribution in [3.05, 3.63) is 77.6 Å². The van der Waals surface area contributed by atoms with E-state index >= 15 is 0 Å². The number of rotatable bonds is 10. The summed E-state index contributed by atoms with van der Waals surface area (Å²) >= 11 is 6.00. The monoisotopic (exact) mass is 479 g/mol. The Balaban J connectivity index is 2.11. The van der Waals surface area contributed by atoms with Crippen molar-refractivity contribution in [2.75, 3.05) is 6.61 Å². The van der Waals surface area contributed by atoms with Crippen molar-refractivity contribution in [1.29, 1.82) is 0 Å². The molecular formula is C24H30ClNO5S. The minimum atomic E-state index is -4.01. The number of aliphatic hydroxyl groups excluding tert-OH is 1. The molecule has 1 N–H and O–H groups in total. The highest BCUT2D eigenvalue weighted by molar-refractivity contribution is 7.89. The van der Waals surface area contributed by atoms with E-state index in [4.69, 9.17) is 21.1 Å². The number of allylic oxidation sites excluding steroid dienone is 3. The van der Waals surface area contributed by atoms with Crippen molar-refractivity contribution in [2.24, 2.45) is 5.92 Å². The third kappa shape index (κ3) is 6.04. The fourth-order valence-corrected chi connectivity index (χ4v) is 5.87. The van der Waals surface area contributed by atoms with Gasteiger partial charge in [-0.25, -0.2) is 8.42 Å². The maximum atomic E-state index is 13.9. The first kappa shape index (κ1) is 24.6. The molecule has 0 saturated carbocycles. The second kappa shape index (κ2) is 11.2. The van der Waals surface area contributed by atoms with Crippen LogP contribution in [0.3, 0.4) is 0 Å². The van der Waals surface area contributed by atoms with Crippen LogP contribution in [-0.4, -0.2) is 36.5 Å². The zero-order valence-corrected chi connectivity index (χ0v) is 19.9. The maximum Gasteiger partial charge on any atom is 0.244 e. The molecule has 0 spiro atoms. The summed E-state index contributed by atoms with van der Waals surface area (Å²) in [6, 6.07) is 4.75. The number of hydrogen-bond acceptors (Lipinski definition) is 5. The molecule has 2 atom stereocenters. The first-order valence-electron chi connectivity index (χ1n) is 10.7. The number of sulfonamides is 1. The number of benzene rings is 1. The van der Waals surface area contributed by atoms with Crippen molar-refractivity contribution >= 4 is 21.6 Å². The van der Waals surface area contributed by atoms with Crippen LogP contribution >= 0.6 is 11.6 Å². The van der Waals surface area contributed by atoms with Crippen molar-refractivity contribution in [3.8, 4) is 0 Å². The number of hydrogen-bond donors (Lipinski definition) is 1. The lowest BCUT2D eigenvalue weighted by Crippen LogP contribution is -2.50. The summed E-state index contributed by atoms with van der Waals surface area (Å²) in [5.41, 5.74) is 1.11. The van der Waals surface area contributed by atoms with Gasteiger partial charge in [-0.2, -0.15) is 4.31 Å². The Morgan fingerprint density at radius 3 is 2.50 bits per heavy atom. The van der Waals surface area contributed by atoms with Gasteiger partial charge < -0.3 is 14.6 Å². The van der Waals surface area contributed by atoms with Crippen LogP contribution in [0.2, 0.25) is 5.02 Å². The van der Waals surface area contributed by atoms with Gasteiger partial charge in [0, 0.05) is 11.1 Å². The van der Waals surface area contributed by atoms with Gasteiger partial charge in [0.1, 0.15) is 18.8 Å². The predicted octanol–water partition coefficient (Wildman–Crippen LogP) is 5.13. The zero-order chi connectivity index (χ0) is 23.1. The Morgan fingerprint density at radius 2 is 1.94 bits per heavy atom. The van der Waals surface area contributed by atoms with Gasteiger partial charge >= 0.3 is 0 Å². The van der Waals surface area contributed by atoms with Gasteiger partial charge in [-0.15, -0.1) is 0 Å². The molecule has 1 aliphatic heterocycles. The molecule has 0 fully saturated rings. The fraction of sp³-hybridized carbons (Fsp3) is 0.417. The molecule has 1 aliphatic carbocycles. The molecule has 2 unspecified atom stereocenters. The van der Waals surface area contributed by atoms with Crippen molar-refractivity contribution in [3.63, 3.8) is 0 Å². The van der Waals surface area contributed by atoms with Crippen LogP contribution in [-0.2, 0) is 19.5 Å². The molecule has 1 aromatic carbocycles. The Labute approximate surface area is 195 Å². The van der Waals surface area contributed by atoms with E-state index in [9.17, 15) is 13.5 Å². The molecular weight excluding hydrogens is 450 g/mol. The van der Waals surface area contributed by atoms with Gasteiger partial charge in [0.25, 0.3) is 0 Å². The van der Waals surface area contributed by atoms with Crippen LogP contribution in [0.15, 0.2) is 77.5 Å². The molecule has 0 bridgehead atoms. The average Bonchev–Trinajstić information content (AvgIpc) is 2.79. The van der Waals surface area contributed by atoms with Crippen LogP contribution in [0.25, 0.3) is 0 Å². The van der Waals surface area contributed by atoms with Crippen LogP contribution in [0.5, 0.6) is 0 Å². The quantitative estimate of drug-likeness (QED) is 0.503. The summed E-state index contributed by atoms with van der Waals surface area (Å²) in [7, 11) is -4.01. The molecule has 3 rings (SSSR count). The SMILES string of the molecule is CC(C)CC(CO)N(C(CC1=CC=CCC1)C1=COC=CO1)S(=O)(=O)c1ccc(Cl)cc1. The van der Waals surface area contributed by atoms with Gasteiger partial charge in [0.15, 0.2) is 5.76 Å². The summed E-state index contributed by atoms with van der Waals surface area (Å²) in [4.78, 5) is 0.111. The molecule has 0 amide bonds. The predicted molar refractivity (Wildman–Crippen MR) is 125 cm³/mol. The second-order valence-electron chi connectivity index (χ2n) is 8.31. The topological polar surface area (TPSA) is 76.1 Å². The molecule has 8 heteroatoms. The molecule has 1 aromatic rings. The van der Waals surface area contributed by atoms with Crippen LogP contribution in [0, 0.1) is 5.92 Å². The minimum absolute atomic E-state index is 0.111. The molecule has 1 heterocycles. The molecule has 2 aliphatic rings. The third-order valence-corrected chi connectivity index (χ3v) is 7.64.